The Kier molecular flexibility index (Phi) is 4.01. The zero-order valence-corrected chi connectivity index (χ0v) is 10.6. The standard InChI is InChI=1S/C11H15N3S2/c12-11(15)10-6-8(3-4-13-10)14-9-2-1-5-16-7-9/h3-4,6,9H,1-2,5,7H2,(H2,12,15)(H,13,14). The van der Waals surface area contributed by atoms with Crippen LogP contribution in [0.25, 0.3) is 0 Å². The first-order valence-electron chi connectivity index (χ1n) is 5.36. The van der Waals surface area contributed by atoms with Crippen LogP contribution in [-0.2, 0) is 0 Å². The van der Waals surface area contributed by atoms with E-state index in [1.54, 1.807) is 6.20 Å². The molecule has 1 aromatic heterocycles. The maximum atomic E-state index is 5.55. The third-order valence-electron chi connectivity index (χ3n) is 2.54. The van der Waals surface area contributed by atoms with Gasteiger partial charge in [0, 0.05) is 23.7 Å². The van der Waals surface area contributed by atoms with Crippen molar-refractivity contribution in [1.82, 2.24) is 4.98 Å². The van der Waals surface area contributed by atoms with Crippen molar-refractivity contribution in [2.24, 2.45) is 5.73 Å². The van der Waals surface area contributed by atoms with Gasteiger partial charge in [-0.1, -0.05) is 12.2 Å². The number of nitrogens with one attached hydrogen (secondary N) is 1. The van der Waals surface area contributed by atoms with Gasteiger partial charge in [0.2, 0.25) is 0 Å². The normalized spacial score (nSPS) is 20.4. The lowest BCUT2D eigenvalue weighted by Gasteiger charge is -2.23. The van der Waals surface area contributed by atoms with Crippen LogP contribution in [0.5, 0.6) is 0 Å². The first-order chi connectivity index (χ1) is 7.75. The number of rotatable bonds is 3. The van der Waals surface area contributed by atoms with Gasteiger partial charge in [0.1, 0.15) is 4.99 Å². The SMILES string of the molecule is NC(=S)c1cc(NC2CCCSC2)ccn1. The van der Waals surface area contributed by atoms with Crippen LogP contribution in [0.3, 0.4) is 0 Å². The van der Waals surface area contributed by atoms with Crippen LogP contribution in [0.4, 0.5) is 5.69 Å². The summed E-state index contributed by atoms with van der Waals surface area (Å²) in [7, 11) is 0. The van der Waals surface area contributed by atoms with Crippen molar-refractivity contribution in [2.75, 3.05) is 16.8 Å². The molecule has 3 N–H and O–H groups in total. The van der Waals surface area contributed by atoms with Crippen LogP contribution in [-0.4, -0.2) is 27.5 Å². The quantitative estimate of drug-likeness (QED) is 0.807. The number of hydrogen-bond acceptors (Lipinski definition) is 4. The summed E-state index contributed by atoms with van der Waals surface area (Å²) >= 11 is 6.91. The largest absolute Gasteiger partial charge is 0.388 e. The second kappa shape index (κ2) is 5.50. The molecule has 0 aromatic carbocycles. The molecule has 1 atom stereocenters. The molecule has 1 aliphatic heterocycles. The minimum Gasteiger partial charge on any atom is -0.388 e. The van der Waals surface area contributed by atoms with Crippen molar-refractivity contribution in [1.29, 1.82) is 0 Å². The van der Waals surface area contributed by atoms with Gasteiger partial charge in [0.15, 0.2) is 0 Å². The summed E-state index contributed by atoms with van der Waals surface area (Å²) in [6.45, 7) is 0. The zero-order chi connectivity index (χ0) is 11.4. The summed E-state index contributed by atoms with van der Waals surface area (Å²) in [4.78, 5) is 4.47. The molecule has 1 fully saturated rings. The summed E-state index contributed by atoms with van der Waals surface area (Å²) in [5.41, 5.74) is 7.30. The van der Waals surface area contributed by atoms with Crippen LogP contribution in [0.15, 0.2) is 18.3 Å². The molecule has 0 bridgehead atoms. The molecule has 1 unspecified atom stereocenters. The van der Waals surface area contributed by atoms with Gasteiger partial charge in [0.05, 0.1) is 5.69 Å². The molecular formula is C11H15N3S2. The van der Waals surface area contributed by atoms with Crippen molar-refractivity contribution in [3.63, 3.8) is 0 Å². The lowest BCUT2D eigenvalue weighted by molar-refractivity contribution is 0.685. The molecule has 0 spiro atoms. The summed E-state index contributed by atoms with van der Waals surface area (Å²) < 4.78 is 0. The Morgan fingerprint density at radius 2 is 2.50 bits per heavy atom. The van der Waals surface area contributed by atoms with Crippen molar-refractivity contribution in [2.45, 2.75) is 18.9 Å². The van der Waals surface area contributed by atoms with Crippen molar-refractivity contribution in [3.8, 4) is 0 Å². The molecule has 3 nitrogen and oxygen atoms in total. The van der Waals surface area contributed by atoms with E-state index < -0.39 is 0 Å². The minimum absolute atomic E-state index is 0.349. The van der Waals surface area contributed by atoms with E-state index in [0.717, 1.165) is 5.69 Å². The predicted molar refractivity (Wildman–Crippen MR) is 74.1 cm³/mol. The molecule has 1 aliphatic rings. The number of anilines is 1. The third kappa shape index (κ3) is 3.09. The van der Waals surface area contributed by atoms with Gasteiger partial charge in [-0.25, -0.2) is 0 Å². The summed E-state index contributed by atoms with van der Waals surface area (Å²) in [6, 6.07) is 4.43. The zero-order valence-electron chi connectivity index (χ0n) is 8.98. The lowest BCUT2D eigenvalue weighted by atomic mass is 10.2. The number of thioether (sulfide) groups is 1. The summed E-state index contributed by atoms with van der Waals surface area (Å²) in [6.07, 6.45) is 4.26. The fourth-order valence-electron chi connectivity index (χ4n) is 1.75. The van der Waals surface area contributed by atoms with E-state index >= 15 is 0 Å². The van der Waals surface area contributed by atoms with Gasteiger partial charge in [-0.15, -0.1) is 0 Å². The molecule has 0 saturated carbocycles. The number of hydrogen-bond donors (Lipinski definition) is 2. The molecule has 16 heavy (non-hydrogen) atoms. The van der Waals surface area contributed by atoms with Gasteiger partial charge < -0.3 is 11.1 Å². The van der Waals surface area contributed by atoms with E-state index in [4.69, 9.17) is 18.0 Å². The Hall–Kier alpha value is -0.810. The molecule has 1 saturated heterocycles. The first kappa shape index (κ1) is 11.7. The molecule has 0 aliphatic carbocycles. The van der Waals surface area contributed by atoms with Crippen molar-refractivity contribution < 1.29 is 0 Å². The van der Waals surface area contributed by atoms with E-state index in [-0.39, 0.29) is 0 Å². The van der Waals surface area contributed by atoms with E-state index in [0.29, 0.717) is 16.7 Å². The Balaban J connectivity index is 2.02. The lowest BCUT2D eigenvalue weighted by Crippen LogP contribution is -2.26. The van der Waals surface area contributed by atoms with E-state index in [9.17, 15) is 0 Å². The van der Waals surface area contributed by atoms with Crippen LogP contribution in [0, 0.1) is 0 Å². The topological polar surface area (TPSA) is 50.9 Å². The van der Waals surface area contributed by atoms with Gasteiger partial charge >= 0.3 is 0 Å². The van der Waals surface area contributed by atoms with Crippen LogP contribution < -0.4 is 11.1 Å². The Labute approximate surface area is 105 Å². The van der Waals surface area contributed by atoms with Gasteiger partial charge in [-0.2, -0.15) is 11.8 Å². The molecule has 1 aromatic rings. The van der Waals surface area contributed by atoms with E-state index in [1.807, 2.05) is 23.9 Å². The summed E-state index contributed by atoms with van der Waals surface area (Å²) in [5.74, 6) is 2.46. The molecule has 2 rings (SSSR count). The number of nitrogens with two attached hydrogens (primary N) is 1. The Morgan fingerprint density at radius 3 is 3.19 bits per heavy atom. The number of nitrogens with zero attached hydrogens (tertiary/aromatic N) is 1. The fourth-order valence-corrected chi connectivity index (χ4v) is 2.93. The highest BCUT2D eigenvalue weighted by Crippen LogP contribution is 2.20. The monoisotopic (exact) mass is 253 g/mol. The highest BCUT2D eigenvalue weighted by atomic mass is 32.2. The van der Waals surface area contributed by atoms with Gasteiger partial charge in [-0.05, 0) is 30.7 Å². The van der Waals surface area contributed by atoms with Crippen molar-refractivity contribution in [3.05, 3.63) is 24.0 Å². The molecule has 0 radical (unpaired) electrons. The molecule has 86 valence electrons. The van der Waals surface area contributed by atoms with Crippen molar-refractivity contribution >= 4 is 34.7 Å². The Bertz CT molecular complexity index is 375. The number of thiocarbonyl (C=S) groups is 1. The smallest absolute Gasteiger partial charge is 0.122 e. The second-order valence-electron chi connectivity index (χ2n) is 3.85. The highest BCUT2D eigenvalue weighted by Gasteiger charge is 2.13. The maximum Gasteiger partial charge on any atom is 0.122 e. The second-order valence-corrected chi connectivity index (χ2v) is 5.44. The van der Waals surface area contributed by atoms with Gasteiger partial charge in [-0.3, -0.25) is 4.98 Å². The third-order valence-corrected chi connectivity index (χ3v) is 3.97. The predicted octanol–water partition coefficient (Wildman–Crippen LogP) is 2.02. The maximum absolute atomic E-state index is 5.55. The van der Waals surface area contributed by atoms with E-state index in [1.165, 1.54) is 24.3 Å². The molecule has 2 heterocycles. The highest BCUT2D eigenvalue weighted by molar-refractivity contribution is 7.99. The van der Waals surface area contributed by atoms with E-state index in [2.05, 4.69) is 10.3 Å². The molecule has 0 amide bonds. The average Bonchev–Trinajstić information content (AvgIpc) is 2.30. The molecular weight excluding hydrogens is 238 g/mol. The number of pyridine rings is 1. The van der Waals surface area contributed by atoms with Crippen LogP contribution in [0.2, 0.25) is 0 Å². The average molecular weight is 253 g/mol. The van der Waals surface area contributed by atoms with Gasteiger partial charge in [0.25, 0.3) is 0 Å². The van der Waals surface area contributed by atoms with Crippen LogP contribution >= 0.6 is 24.0 Å². The summed E-state index contributed by atoms with van der Waals surface area (Å²) in [5, 5.41) is 3.50. The molecule has 5 heteroatoms. The first-order valence-corrected chi connectivity index (χ1v) is 6.92. The van der Waals surface area contributed by atoms with Crippen LogP contribution in [0.1, 0.15) is 18.5 Å². The Morgan fingerprint density at radius 1 is 1.62 bits per heavy atom. The number of aromatic nitrogens is 1. The fraction of sp³-hybridized carbons (Fsp3) is 0.455. The minimum atomic E-state index is 0.349.